The first-order valence-electron chi connectivity index (χ1n) is 14.0. The summed E-state index contributed by atoms with van der Waals surface area (Å²) in [5, 5.41) is 10.7. The molecule has 1 atom stereocenters. The normalized spacial score (nSPS) is 14.8. The second-order valence-corrected chi connectivity index (χ2v) is 12.2. The van der Waals surface area contributed by atoms with Crippen molar-refractivity contribution in [3.63, 3.8) is 0 Å². The third-order valence-electron chi connectivity index (χ3n) is 5.73. The largest absolute Gasteiger partial charge is 0.396 e. The molecular weight excluding hydrogens is 565 g/mol. The standard InChI is InChI=1S/C10H15NOS.C8H12OS.C6H8S.C4H11NO2.C2H4O/c1-2-7-5-8-9(6-11)12-4-3-10(8)13-7;1-2-7-3-4-8(10-7)5-6-9;1-2-6-4-3-5-7-6;1-6-4(3-5)7-2;1-2-3-1/h5,9H,2-4,6,11H2,1H3;3-4,9H,2,5-6H2,1H3;3-5H,2H2,1H3;4H,3,5H2,1-2H3;1-2H2. The Labute approximate surface area is 253 Å². The van der Waals surface area contributed by atoms with Gasteiger partial charge in [0, 0.05) is 71.1 Å². The van der Waals surface area contributed by atoms with Crippen LogP contribution in [0.25, 0.3) is 0 Å². The minimum absolute atomic E-state index is 0.153. The number of hydrogen-bond donors (Lipinski definition) is 3. The van der Waals surface area contributed by atoms with Gasteiger partial charge in [-0.3, -0.25) is 0 Å². The number of hydrogen-bond acceptors (Lipinski definition) is 10. The zero-order valence-electron chi connectivity index (χ0n) is 24.9. The van der Waals surface area contributed by atoms with Crippen molar-refractivity contribution in [2.24, 2.45) is 11.5 Å². The Morgan fingerprint density at radius 1 is 0.925 bits per heavy atom. The van der Waals surface area contributed by atoms with Gasteiger partial charge < -0.3 is 35.5 Å². The smallest absolute Gasteiger partial charge is 0.168 e. The number of aliphatic hydroxyl groups is 1. The molecule has 10 heteroatoms. The third-order valence-corrected chi connectivity index (χ3v) is 9.39. The number of methoxy groups -OCH3 is 2. The zero-order chi connectivity index (χ0) is 29.6. The Kier molecular flexibility index (Phi) is 21.5. The number of thiophene rings is 3. The third kappa shape index (κ3) is 15.7. The van der Waals surface area contributed by atoms with Crippen molar-refractivity contribution in [3.05, 3.63) is 65.7 Å². The van der Waals surface area contributed by atoms with E-state index in [-0.39, 0.29) is 19.0 Å². The van der Waals surface area contributed by atoms with Crippen LogP contribution in [0, 0.1) is 0 Å². The highest BCUT2D eigenvalue weighted by atomic mass is 32.1. The lowest BCUT2D eigenvalue weighted by molar-refractivity contribution is -0.0940. The van der Waals surface area contributed by atoms with E-state index in [1.165, 1.54) is 36.4 Å². The number of aliphatic hydroxyl groups excluding tert-OH is 1. The number of nitrogens with two attached hydrogens (primary N) is 2. The van der Waals surface area contributed by atoms with Crippen molar-refractivity contribution >= 4 is 34.0 Å². The molecule has 5 N–H and O–H groups in total. The van der Waals surface area contributed by atoms with E-state index in [0.29, 0.717) is 13.1 Å². The molecule has 3 aromatic heterocycles. The molecule has 0 spiro atoms. The van der Waals surface area contributed by atoms with E-state index in [2.05, 4.69) is 61.2 Å². The number of ether oxygens (including phenoxy) is 4. The van der Waals surface area contributed by atoms with Gasteiger partial charge in [-0.05, 0) is 54.5 Å². The Morgan fingerprint density at radius 2 is 1.57 bits per heavy atom. The molecule has 1 saturated heterocycles. The minimum Gasteiger partial charge on any atom is -0.396 e. The number of rotatable bonds is 9. The van der Waals surface area contributed by atoms with Crippen LogP contribution < -0.4 is 11.5 Å². The molecule has 0 bridgehead atoms. The fourth-order valence-electron chi connectivity index (χ4n) is 3.38. The van der Waals surface area contributed by atoms with Gasteiger partial charge >= 0.3 is 0 Å². The first-order valence-corrected chi connectivity index (χ1v) is 16.5. The van der Waals surface area contributed by atoms with Gasteiger partial charge in [-0.2, -0.15) is 0 Å². The van der Waals surface area contributed by atoms with E-state index < -0.39 is 0 Å². The Morgan fingerprint density at radius 3 is 1.98 bits per heavy atom. The van der Waals surface area contributed by atoms with Crippen molar-refractivity contribution in [1.29, 1.82) is 0 Å². The van der Waals surface area contributed by atoms with E-state index in [1.807, 2.05) is 22.7 Å². The molecule has 228 valence electrons. The molecule has 1 unspecified atom stereocenters. The summed E-state index contributed by atoms with van der Waals surface area (Å²) >= 11 is 5.54. The lowest BCUT2D eigenvalue weighted by Crippen LogP contribution is -2.23. The average Bonchev–Trinajstić information content (AvgIpc) is 3.46. The molecule has 7 nitrogen and oxygen atoms in total. The first kappa shape index (κ1) is 36.8. The van der Waals surface area contributed by atoms with E-state index >= 15 is 0 Å². The predicted octanol–water partition coefficient (Wildman–Crippen LogP) is 5.62. The summed E-state index contributed by atoms with van der Waals surface area (Å²) in [5.74, 6) is 0. The lowest BCUT2D eigenvalue weighted by atomic mass is 10.1. The second-order valence-electron chi connectivity index (χ2n) is 8.67. The maximum atomic E-state index is 8.61. The SMILES string of the molecule is C1CO1.CCc1cc2c(s1)CCOC2CN.CCc1ccc(CCO)s1.CCc1cccs1.COC(CN)OC. The molecular formula is C30H50N2O5S3. The zero-order valence-corrected chi connectivity index (χ0v) is 27.3. The van der Waals surface area contributed by atoms with E-state index in [9.17, 15) is 0 Å². The maximum absolute atomic E-state index is 8.61. The van der Waals surface area contributed by atoms with Gasteiger partial charge in [0.1, 0.15) is 0 Å². The van der Waals surface area contributed by atoms with Gasteiger partial charge in [-0.15, -0.1) is 34.0 Å². The molecule has 0 radical (unpaired) electrons. The first-order chi connectivity index (χ1) is 19.5. The highest BCUT2D eigenvalue weighted by molar-refractivity contribution is 7.12. The number of epoxide rings is 1. The van der Waals surface area contributed by atoms with Gasteiger partial charge in [-0.25, -0.2) is 0 Å². The van der Waals surface area contributed by atoms with Crippen LogP contribution in [-0.2, 0) is 51.1 Å². The van der Waals surface area contributed by atoms with Crippen LogP contribution in [0.5, 0.6) is 0 Å². The van der Waals surface area contributed by atoms with Gasteiger partial charge in [0.05, 0.1) is 25.9 Å². The van der Waals surface area contributed by atoms with Crippen LogP contribution in [0.1, 0.15) is 56.8 Å². The number of aryl methyl sites for hydroxylation is 3. The summed E-state index contributed by atoms with van der Waals surface area (Å²) in [5.41, 5.74) is 12.1. The topological polar surface area (TPSA) is 112 Å². The molecule has 1 fully saturated rings. The molecule has 40 heavy (non-hydrogen) atoms. The summed E-state index contributed by atoms with van der Waals surface area (Å²) in [6, 6.07) is 10.7. The molecule has 2 aliphatic rings. The Hall–Kier alpha value is -1.18. The summed E-state index contributed by atoms with van der Waals surface area (Å²) in [6.07, 6.45) is 5.20. The summed E-state index contributed by atoms with van der Waals surface area (Å²) in [7, 11) is 3.11. The van der Waals surface area contributed by atoms with Crippen LogP contribution in [0.3, 0.4) is 0 Å². The van der Waals surface area contributed by atoms with Crippen molar-refractivity contribution < 1.29 is 24.1 Å². The predicted molar refractivity (Wildman–Crippen MR) is 171 cm³/mol. The summed E-state index contributed by atoms with van der Waals surface area (Å²) in [6.45, 7) is 10.6. The molecule has 5 heterocycles. The maximum Gasteiger partial charge on any atom is 0.168 e. The lowest BCUT2D eigenvalue weighted by Gasteiger charge is -2.21. The molecule has 3 aromatic rings. The molecule has 0 aromatic carbocycles. The van der Waals surface area contributed by atoms with Crippen molar-refractivity contribution in [2.75, 3.05) is 53.7 Å². The van der Waals surface area contributed by atoms with E-state index in [4.69, 9.17) is 30.8 Å². The highest BCUT2D eigenvalue weighted by Crippen LogP contribution is 2.33. The van der Waals surface area contributed by atoms with Crippen LogP contribution >= 0.6 is 34.0 Å². The van der Waals surface area contributed by atoms with Crippen LogP contribution in [0.4, 0.5) is 0 Å². The monoisotopic (exact) mass is 614 g/mol. The van der Waals surface area contributed by atoms with Gasteiger partial charge in [0.2, 0.25) is 0 Å². The number of fused-ring (bicyclic) bond motifs is 1. The van der Waals surface area contributed by atoms with Crippen LogP contribution in [0.2, 0.25) is 0 Å². The van der Waals surface area contributed by atoms with Crippen molar-refractivity contribution in [3.8, 4) is 0 Å². The fraction of sp³-hybridized carbons (Fsp3) is 0.600. The summed E-state index contributed by atoms with van der Waals surface area (Å²) < 4.78 is 19.5. The quantitative estimate of drug-likeness (QED) is 0.212. The average molecular weight is 615 g/mol. The van der Waals surface area contributed by atoms with Crippen LogP contribution in [0.15, 0.2) is 35.7 Å². The van der Waals surface area contributed by atoms with Gasteiger partial charge in [-0.1, -0.05) is 26.8 Å². The Balaban J connectivity index is 0.000000265. The minimum atomic E-state index is -0.236. The van der Waals surface area contributed by atoms with Gasteiger partial charge in [0.15, 0.2) is 6.29 Å². The van der Waals surface area contributed by atoms with Crippen LogP contribution in [-0.4, -0.2) is 65.1 Å². The molecule has 0 amide bonds. The van der Waals surface area contributed by atoms with E-state index in [1.54, 1.807) is 25.6 Å². The fourth-order valence-corrected chi connectivity index (χ4v) is 6.12. The Bertz CT molecular complexity index is 964. The molecule has 0 aliphatic carbocycles. The molecule has 2 aliphatic heterocycles. The van der Waals surface area contributed by atoms with E-state index in [0.717, 1.165) is 45.5 Å². The molecule has 5 rings (SSSR count). The van der Waals surface area contributed by atoms with Crippen molar-refractivity contribution in [1.82, 2.24) is 0 Å². The van der Waals surface area contributed by atoms with Gasteiger partial charge in [0.25, 0.3) is 0 Å². The van der Waals surface area contributed by atoms with Crippen molar-refractivity contribution in [2.45, 2.75) is 65.3 Å². The summed E-state index contributed by atoms with van der Waals surface area (Å²) in [4.78, 5) is 7.11. The second kappa shape index (κ2) is 23.4. The highest BCUT2D eigenvalue weighted by Gasteiger charge is 2.21. The molecule has 0 saturated carbocycles.